The molecule has 0 spiro atoms. The molecule has 1 aromatic heterocycles. The number of nitrogens with one attached hydrogen (secondary N) is 1. The molecule has 112 valence electrons. The number of carbonyl (C=O) groups excluding carboxylic acids is 1. The van der Waals surface area contributed by atoms with Crippen molar-refractivity contribution in [1.29, 1.82) is 0 Å². The molecule has 1 fully saturated rings. The smallest absolute Gasteiger partial charge is 0.220 e. The quantitative estimate of drug-likeness (QED) is 0.867. The third-order valence-corrected chi connectivity index (χ3v) is 4.63. The van der Waals surface area contributed by atoms with Gasteiger partial charge in [-0.25, -0.2) is 0 Å². The normalized spacial score (nSPS) is 20.0. The van der Waals surface area contributed by atoms with Crippen molar-refractivity contribution in [2.24, 2.45) is 5.92 Å². The molecule has 1 amide bonds. The predicted octanol–water partition coefficient (Wildman–Crippen LogP) is 1.63. The number of hydrogen-bond acceptors (Lipinski definition) is 5. The molecule has 0 aliphatic carbocycles. The largest absolute Gasteiger partial charge is 0.356 e. The molecule has 1 aliphatic rings. The van der Waals surface area contributed by atoms with Gasteiger partial charge in [0.15, 0.2) is 0 Å². The van der Waals surface area contributed by atoms with E-state index in [0.29, 0.717) is 18.9 Å². The molecule has 6 heteroatoms. The van der Waals surface area contributed by atoms with Crippen LogP contribution in [0.2, 0.25) is 0 Å². The van der Waals surface area contributed by atoms with Crippen molar-refractivity contribution in [3.05, 3.63) is 10.0 Å². The Morgan fingerprint density at radius 1 is 1.50 bits per heavy atom. The highest BCUT2D eigenvalue weighted by molar-refractivity contribution is 7.11. The lowest BCUT2D eigenvalue weighted by Gasteiger charge is -2.29. The molecule has 5 nitrogen and oxygen atoms in total. The van der Waals surface area contributed by atoms with Gasteiger partial charge in [-0.15, -0.1) is 21.5 Å². The molecule has 1 aromatic rings. The second-order valence-electron chi connectivity index (χ2n) is 5.62. The van der Waals surface area contributed by atoms with E-state index >= 15 is 0 Å². The van der Waals surface area contributed by atoms with Crippen molar-refractivity contribution >= 4 is 17.2 Å². The van der Waals surface area contributed by atoms with Gasteiger partial charge in [0.2, 0.25) is 5.91 Å². The van der Waals surface area contributed by atoms with Crippen LogP contribution in [0.1, 0.15) is 35.7 Å². The average molecular weight is 296 g/mol. The molecule has 2 heterocycles. The first-order valence-electron chi connectivity index (χ1n) is 7.37. The minimum absolute atomic E-state index is 0.166. The molecule has 1 atom stereocenters. The number of carbonyl (C=O) groups is 1. The van der Waals surface area contributed by atoms with Gasteiger partial charge < -0.3 is 10.2 Å². The number of aryl methyl sites for hydroxylation is 1. The lowest BCUT2D eigenvalue weighted by molar-refractivity contribution is -0.121. The highest BCUT2D eigenvalue weighted by Gasteiger charge is 2.17. The van der Waals surface area contributed by atoms with E-state index < -0.39 is 0 Å². The number of piperidine rings is 1. The van der Waals surface area contributed by atoms with Crippen LogP contribution >= 0.6 is 11.3 Å². The second kappa shape index (κ2) is 7.69. The van der Waals surface area contributed by atoms with Crippen LogP contribution in [0.5, 0.6) is 0 Å². The summed E-state index contributed by atoms with van der Waals surface area (Å²) in [7, 11) is 2.16. The lowest BCUT2D eigenvalue weighted by atomic mass is 9.93. The zero-order valence-corrected chi connectivity index (χ0v) is 13.2. The predicted molar refractivity (Wildman–Crippen MR) is 80.8 cm³/mol. The lowest BCUT2D eigenvalue weighted by Crippen LogP contribution is -2.33. The second-order valence-corrected chi connectivity index (χ2v) is 6.89. The van der Waals surface area contributed by atoms with Gasteiger partial charge in [-0.3, -0.25) is 4.79 Å². The monoisotopic (exact) mass is 296 g/mol. The van der Waals surface area contributed by atoms with Crippen LogP contribution in [0.3, 0.4) is 0 Å². The van der Waals surface area contributed by atoms with E-state index in [1.807, 2.05) is 6.92 Å². The third kappa shape index (κ3) is 5.17. The summed E-state index contributed by atoms with van der Waals surface area (Å²) in [5.41, 5.74) is 0. The Morgan fingerprint density at radius 3 is 3.05 bits per heavy atom. The molecule has 0 aromatic carbocycles. The van der Waals surface area contributed by atoms with Gasteiger partial charge in [-0.1, -0.05) is 0 Å². The van der Waals surface area contributed by atoms with Gasteiger partial charge in [0.1, 0.15) is 10.0 Å². The van der Waals surface area contributed by atoms with Crippen LogP contribution in [-0.4, -0.2) is 47.7 Å². The van der Waals surface area contributed by atoms with Crippen molar-refractivity contribution in [2.75, 3.05) is 26.7 Å². The van der Waals surface area contributed by atoms with Crippen LogP contribution < -0.4 is 5.32 Å². The molecule has 0 radical (unpaired) electrons. The van der Waals surface area contributed by atoms with E-state index in [-0.39, 0.29) is 5.91 Å². The summed E-state index contributed by atoms with van der Waals surface area (Å²) in [6.45, 7) is 4.94. The summed E-state index contributed by atoms with van der Waals surface area (Å²) < 4.78 is 0. The fourth-order valence-electron chi connectivity index (χ4n) is 2.68. The van der Waals surface area contributed by atoms with Gasteiger partial charge in [0, 0.05) is 25.9 Å². The number of rotatable bonds is 6. The molecule has 2 rings (SSSR count). The third-order valence-electron chi connectivity index (χ3n) is 3.73. The Morgan fingerprint density at radius 2 is 2.35 bits per heavy atom. The highest BCUT2D eigenvalue weighted by atomic mass is 32.1. The number of nitrogens with zero attached hydrogens (tertiary/aromatic N) is 3. The van der Waals surface area contributed by atoms with Crippen molar-refractivity contribution in [3.8, 4) is 0 Å². The average Bonchev–Trinajstić information content (AvgIpc) is 2.82. The summed E-state index contributed by atoms with van der Waals surface area (Å²) in [4.78, 5) is 14.2. The minimum Gasteiger partial charge on any atom is -0.356 e. The van der Waals surface area contributed by atoms with Crippen LogP contribution in [0.25, 0.3) is 0 Å². The maximum Gasteiger partial charge on any atom is 0.220 e. The number of hydrogen-bond donors (Lipinski definition) is 1. The molecular formula is C14H24N4OS. The van der Waals surface area contributed by atoms with Crippen molar-refractivity contribution < 1.29 is 4.79 Å². The van der Waals surface area contributed by atoms with Gasteiger partial charge in [-0.05, 0) is 45.7 Å². The number of amides is 1. The van der Waals surface area contributed by atoms with E-state index in [2.05, 4.69) is 27.5 Å². The Bertz CT molecular complexity index is 435. The fraction of sp³-hybridized carbons (Fsp3) is 0.786. The van der Waals surface area contributed by atoms with E-state index in [1.165, 1.54) is 19.4 Å². The fourth-order valence-corrected chi connectivity index (χ4v) is 3.39. The number of aromatic nitrogens is 2. The molecule has 1 aliphatic heterocycles. The van der Waals surface area contributed by atoms with Crippen molar-refractivity contribution in [2.45, 2.75) is 39.0 Å². The molecule has 20 heavy (non-hydrogen) atoms. The summed E-state index contributed by atoms with van der Waals surface area (Å²) in [5.74, 6) is 0.852. The minimum atomic E-state index is 0.166. The van der Waals surface area contributed by atoms with Crippen LogP contribution in [0.15, 0.2) is 0 Å². The highest BCUT2D eigenvalue weighted by Crippen LogP contribution is 2.19. The van der Waals surface area contributed by atoms with E-state index in [4.69, 9.17) is 0 Å². The molecule has 1 saturated heterocycles. The molecule has 0 bridgehead atoms. The summed E-state index contributed by atoms with van der Waals surface area (Å²) >= 11 is 1.60. The number of likely N-dealkylation sites (tertiary alicyclic amines) is 1. The van der Waals surface area contributed by atoms with E-state index in [0.717, 1.165) is 29.4 Å². The van der Waals surface area contributed by atoms with Crippen LogP contribution in [0.4, 0.5) is 0 Å². The van der Waals surface area contributed by atoms with Crippen molar-refractivity contribution in [1.82, 2.24) is 20.4 Å². The Kier molecular flexibility index (Phi) is 5.91. The molecular weight excluding hydrogens is 272 g/mol. The zero-order chi connectivity index (χ0) is 14.4. The Hall–Kier alpha value is -1.01. The molecule has 1 N–H and O–H groups in total. The summed E-state index contributed by atoms with van der Waals surface area (Å²) in [6.07, 6.45) is 4.96. The van der Waals surface area contributed by atoms with Gasteiger partial charge in [-0.2, -0.15) is 0 Å². The van der Waals surface area contributed by atoms with Crippen LogP contribution in [-0.2, 0) is 11.2 Å². The SMILES string of the molecule is Cc1nnc(CCNC(=O)CCC2CCCN(C)C2)s1. The molecule has 0 saturated carbocycles. The van der Waals surface area contributed by atoms with Gasteiger partial charge in [0.05, 0.1) is 0 Å². The van der Waals surface area contributed by atoms with Crippen molar-refractivity contribution in [3.63, 3.8) is 0 Å². The Balaban J connectivity index is 1.58. The Labute approximate surface area is 124 Å². The summed E-state index contributed by atoms with van der Waals surface area (Å²) in [5, 5.41) is 13.0. The maximum absolute atomic E-state index is 11.8. The van der Waals surface area contributed by atoms with Crippen LogP contribution in [0, 0.1) is 12.8 Å². The topological polar surface area (TPSA) is 58.1 Å². The zero-order valence-electron chi connectivity index (χ0n) is 12.4. The first-order valence-corrected chi connectivity index (χ1v) is 8.19. The van der Waals surface area contributed by atoms with E-state index in [1.54, 1.807) is 11.3 Å². The first kappa shape index (κ1) is 15.4. The standard InChI is InChI=1S/C14H24N4OS/c1-11-16-17-14(20-11)7-8-15-13(19)6-5-12-4-3-9-18(2)10-12/h12H,3-10H2,1-2H3,(H,15,19). The first-order chi connectivity index (χ1) is 9.63. The van der Waals surface area contributed by atoms with Gasteiger partial charge >= 0.3 is 0 Å². The van der Waals surface area contributed by atoms with Gasteiger partial charge in [0.25, 0.3) is 0 Å². The van der Waals surface area contributed by atoms with E-state index in [9.17, 15) is 4.79 Å². The molecule has 1 unspecified atom stereocenters. The maximum atomic E-state index is 11.8. The summed E-state index contributed by atoms with van der Waals surface area (Å²) in [6, 6.07) is 0.